The van der Waals surface area contributed by atoms with Crippen molar-refractivity contribution < 1.29 is 9.47 Å². The van der Waals surface area contributed by atoms with Gasteiger partial charge in [-0.1, -0.05) is 6.07 Å². The van der Waals surface area contributed by atoms with E-state index in [4.69, 9.17) is 9.47 Å². The van der Waals surface area contributed by atoms with Gasteiger partial charge in [0.2, 0.25) is 0 Å². The molecule has 6 nitrogen and oxygen atoms in total. The fourth-order valence-corrected chi connectivity index (χ4v) is 3.90. The molecule has 0 aromatic carbocycles. The Kier molecular flexibility index (Phi) is 4.63. The van der Waals surface area contributed by atoms with Gasteiger partial charge in [-0.3, -0.25) is 9.88 Å². The van der Waals surface area contributed by atoms with E-state index >= 15 is 0 Å². The SMILES string of the molecule is Cc1cccc(CN2CCC[C@@]3(C[C@@H](Oc4ncccn4)CO3)C2)n1. The highest BCUT2D eigenvalue weighted by Gasteiger charge is 2.44. The van der Waals surface area contributed by atoms with Crippen LogP contribution in [0.3, 0.4) is 0 Å². The first-order valence-corrected chi connectivity index (χ1v) is 8.93. The van der Waals surface area contributed by atoms with E-state index in [1.165, 1.54) is 0 Å². The second kappa shape index (κ2) is 7.06. The Morgan fingerprint density at radius 2 is 2.16 bits per heavy atom. The number of likely N-dealkylation sites (tertiary alicyclic amines) is 1. The van der Waals surface area contributed by atoms with E-state index in [2.05, 4.69) is 32.0 Å². The number of hydrogen-bond donors (Lipinski definition) is 0. The van der Waals surface area contributed by atoms with Crippen molar-refractivity contribution >= 4 is 0 Å². The lowest BCUT2D eigenvalue weighted by atomic mass is 9.89. The van der Waals surface area contributed by atoms with E-state index in [0.717, 1.165) is 50.3 Å². The minimum absolute atomic E-state index is 0.0273. The topological polar surface area (TPSA) is 60.4 Å². The van der Waals surface area contributed by atoms with Crippen molar-refractivity contribution in [3.8, 4) is 6.01 Å². The second-order valence-corrected chi connectivity index (χ2v) is 7.05. The minimum atomic E-state index is -0.110. The fraction of sp³-hybridized carbons (Fsp3) is 0.526. The molecule has 2 aromatic heterocycles. The molecular formula is C19H24N4O2. The zero-order chi connectivity index (χ0) is 17.1. The van der Waals surface area contributed by atoms with Gasteiger partial charge >= 0.3 is 6.01 Å². The zero-order valence-corrected chi connectivity index (χ0v) is 14.6. The molecule has 0 saturated carbocycles. The number of ether oxygens (including phenoxy) is 2. The lowest BCUT2D eigenvalue weighted by Gasteiger charge is -2.39. The molecule has 0 radical (unpaired) electrons. The Morgan fingerprint density at radius 1 is 1.28 bits per heavy atom. The van der Waals surface area contributed by atoms with Gasteiger partial charge in [0.15, 0.2) is 0 Å². The summed E-state index contributed by atoms with van der Waals surface area (Å²) in [6, 6.07) is 8.44. The van der Waals surface area contributed by atoms with Gasteiger partial charge in [0.05, 0.1) is 17.9 Å². The van der Waals surface area contributed by atoms with E-state index in [1.54, 1.807) is 18.5 Å². The Hall–Kier alpha value is -2.05. The lowest BCUT2D eigenvalue weighted by molar-refractivity contribution is -0.0541. The van der Waals surface area contributed by atoms with Crippen molar-refractivity contribution in [3.05, 3.63) is 48.0 Å². The number of piperidine rings is 1. The Morgan fingerprint density at radius 3 is 3.00 bits per heavy atom. The van der Waals surface area contributed by atoms with E-state index in [-0.39, 0.29) is 11.7 Å². The molecule has 1 spiro atoms. The highest BCUT2D eigenvalue weighted by Crippen LogP contribution is 2.36. The van der Waals surface area contributed by atoms with Crippen LogP contribution in [0.5, 0.6) is 6.01 Å². The fourth-order valence-electron chi connectivity index (χ4n) is 3.90. The predicted octanol–water partition coefficient (Wildman–Crippen LogP) is 2.38. The molecule has 25 heavy (non-hydrogen) atoms. The Bertz CT molecular complexity index is 712. The van der Waals surface area contributed by atoms with Crippen molar-refractivity contribution in [1.29, 1.82) is 0 Å². The maximum atomic E-state index is 6.22. The van der Waals surface area contributed by atoms with Crippen LogP contribution in [-0.2, 0) is 11.3 Å². The number of hydrogen-bond acceptors (Lipinski definition) is 6. The molecule has 0 amide bonds. The van der Waals surface area contributed by atoms with Crippen molar-refractivity contribution in [2.45, 2.75) is 44.4 Å². The third-order valence-corrected chi connectivity index (χ3v) is 4.94. The van der Waals surface area contributed by atoms with Gasteiger partial charge in [-0.25, -0.2) is 9.97 Å². The molecule has 2 aromatic rings. The second-order valence-electron chi connectivity index (χ2n) is 7.05. The van der Waals surface area contributed by atoms with Crippen LogP contribution in [0.2, 0.25) is 0 Å². The normalized spacial score (nSPS) is 26.8. The summed E-state index contributed by atoms with van der Waals surface area (Å²) in [6.07, 6.45) is 6.54. The average molecular weight is 340 g/mol. The lowest BCUT2D eigenvalue weighted by Crippen LogP contribution is -2.47. The summed E-state index contributed by atoms with van der Waals surface area (Å²) in [5.74, 6) is 0. The van der Waals surface area contributed by atoms with Crippen LogP contribution in [0.1, 0.15) is 30.7 Å². The third kappa shape index (κ3) is 3.96. The number of nitrogens with zero attached hydrogens (tertiary/aromatic N) is 4. The first-order valence-electron chi connectivity index (χ1n) is 8.93. The number of pyridine rings is 1. The van der Waals surface area contributed by atoms with Gasteiger partial charge in [0.25, 0.3) is 0 Å². The largest absolute Gasteiger partial charge is 0.458 e. The van der Waals surface area contributed by atoms with Gasteiger partial charge < -0.3 is 9.47 Å². The summed E-state index contributed by atoms with van der Waals surface area (Å²) in [5.41, 5.74) is 2.08. The first kappa shape index (κ1) is 16.4. The van der Waals surface area contributed by atoms with Gasteiger partial charge in [0.1, 0.15) is 6.10 Å². The summed E-state index contributed by atoms with van der Waals surface area (Å²) >= 11 is 0. The quantitative estimate of drug-likeness (QED) is 0.852. The van der Waals surface area contributed by atoms with Crippen LogP contribution < -0.4 is 4.74 Å². The average Bonchev–Trinajstić information content (AvgIpc) is 2.97. The van der Waals surface area contributed by atoms with Crippen LogP contribution >= 0.6 is 0 Å². The van der Waals surface area contributed by atoms with E-state index < -0.39 is 0 Å². The van der Waals surface area contributed by atoms with Crippen LogP contribution in [0.15, 0.2) is 36.7 Å². The molecular weight excluding hydrogens is 316 g/mol. The maximum Gasteiger partial charge on any atom is 0.316 e. The molecule has 0 aliphatic carbocycles. The van der Waals surface area contributed by atoms with Crippen molar-refractivity contribution in [3.63, 3.8) is 0 Å². The molecule has 2 aliphatic heterocycles. The molecule has 0 unspecified atom stereocenters. The highest BCUT2D eigenvalue weighted by atomic mass is 16.6. The standard InChI is InChI=1S/C19H24N4O2/c1-15-5-2-6-16(22-15)12-23-10-3-7-19(14-23)11-17(13-24-19)25-18-20-8-4-9-21-18/h2,4-6,8-9,17H,3,7,10-14H2,1H3/t17-,19-/m1/s1. The molecule has 4 heterocycles. The summed E-state index contributed by atoms with van der Waals surface area (Å²) in [6.45, 7) is 5.54. The predicted molar refractivity (Wildman–Crippen MR) is 93.2 cm³/mol. The summed E-state index contributed by atoms with van der Waals surface area (Å²) in [4.78, 5) is 15.4. The van der Waals surface area contributed by atoms with Crippen molar-refractivity contribution in [2.24, 2.45) is 0 Å². The summed E-state index contributed by atoms with van der Waals surface area (Å²) in [7, 11) is 0. The van der Waals surface area contributed by atoms with E-state index in [1.807, 2.05) is 13.0 Å². The highest BCUT2D eigenvalue weighted by molar-refractivity contribution is 5.10. The molecule has 132 valence electrons. The monoisotopic (exact) mass is 340 g/mol. The van der Waals surface area contributed by atoms with Gasteiger partial charge in [-0.15, -0.1) is 0 Å². The molecule has 0 N–H and O–H groups in total. The maximum absolute atomic E-state index is 6.22. The first-order chi connectivity index (χ1) is 12.2. The molecule has 2 fully saturated rings. The molecule has 6 heteroatoms. The van der Waals surface area contributed by atoms with Crippen LogP contribution in [0.25, 0.3) is 0 Å². The van der Waals surface area contributed by atoms with Crippen molar-refractivity contribution in [1.82, 2.24) is 19.9 Å². The Balaban J connectivity index is 1.37. The van der Waals surface area contributed by atoms with Gasteiger partial charge in [-0.2, -0.15) is 0 Å². The molecule has 4 rings (SSSR count). The molecule has 2 saturated heterocycles. The number of rotatable bonds is 4. The van der Waals surface area contributed by atoms with E-state index in [0.29, 0.717) is 12.6 Å². The van der Waals surface area contributed by atoms with Crippen LogP contribution in [0.4, 0.5) is 0 Å². The Labute approximate surface area is 148 Å². The summed E-state index contributed by atoms with van der Waals surface area (Å²) in [5, 5.41) is 0. The third-order valence-electron chi connectivity index (χ3n) is 4.94. The number of aryl methyl sites for hydroxylation is 1. The van der Waals surface area contributed by atoms with Crippen LogP contribution in [0, 0.1) is 6.92 Å². The van der Waals surface area contributed by atoms with Crippen molar-refractivity contribution in [2.75, 3.05) is 19.7 Å². The minimum Gasteiger partial charge on any atom is -0.458 e. The zero-order valence-electron chi connectivity index (χ0n) is 14.6. The number of aromatic nitrogens is 3. The molecule has 2 aliphatic rings. The van der Waals surface area contributed by atoms with E-state index in [9.17, 15) is 0 Å². The van der Waals surface area contributed by atoms with Crippen LogP contribution in [-0.4, -0.2) is 51.3 Å². The molecule has 2 atom stereocenters. The smallest absolute Gasteiger partial charge is 0.316 e. The van der Waals surface area contributed by atoms with Gasteiger partial charge in [0, 0.05) is 37.6 Å². The summed E-state index contributed by atoms with van der Waals surface area (Å²) < 4.78 is 12.1. The van der Waals surface area contributed by atoms with Gasteiger partial charge in [-0.05, 0) is 44.5 Å². The molecule has 0 bridgehead atoms.